The number of aliphatic carboxylic acids is 7. The van der Waals surface area contributed by atoms with E-state index in [-0.39, 0.29) is 96.9 Å². The van der Waals surface area contributed by atoms with Crippen molar-refractivity contribution in [2.45, 2.75) is 436 Å². The van der Waals surface area contributed by atoms with Crippen LogP contribution in [0.2, 0.25) is 0 Å². The van der Waals surface area contributed by atoms with E-state index in [1.54, 1.807) is 83.1 Å². The smallest absolute Gasteiger partial charge is 0.509 e. The molecule has 1 aliphatic heterocycles. The molecule has 16 aliphatic rings. The van der Waals surface area contributed by atoms with Crippen molar-refractivity contribution in [2.24, 2.45) is 135 Å². The van der Waals surface area contributed by atoms with Crippen molar-refractivity contribution in [3.8, 4) is 0 Å². The van der Waals surface area contributed by atoms with Crippen molar-refractivity contribution in [2.75, 3.05) is 0 Å². The maximum Gasteiger partial charge on any atom is 0.509 e. The van der Waals surface area contributed by atoms with E-state index < -0.39 is 223 Å². The molecule has 15 aliphatic carbocycles. The normalized spacial score (nSPS) is 29.5. The van der Waals surface area contributed by atoms with Crippen LogP contribution < -0.4 is 35.7 Å². The fourth-order valence-corrected chi connectivity index (χ4v) is 26.9. The molecule has 1 saturated heterocycles. The van der Waals surface area contributed by atoms with Crippen LogP contribution in [-0.2, 0) is 100 Å². The van der Waals surface area contributed by atoms with Crippen LogP contribution in [0.4, 0.5) is 66.3 Å². The number of esters is 4. The Morgan fingerprint density at radius 2 is 0.696 bits per heavy atom. The topological polar surface area (TPSA) is 494 Å². The molecule has 850 valence electrons. The number of carbonyl (C=O) groups is 12. The molecular weight excluding hydrogens is 2020 g/mol. The van der Waals surface area contributed by atoms with Gasteiger partial charge in [-0.2, -0.15) is 69.9 Å². The first-order valence-electron chi connectivity index (χ1n) is 52.1. The maximum atomic E-state index is 14.4. The van der Waals surface area contributed by atoms with Crippen LogP contribution in [0.25, 0.3) is 0 Å². The van der Waals surface area contributed by atoms with E-state index in [1.807, 2.05) is 0 Å². The van der Waals surface area contributed by atoms with E-state index >= 15 is 0 Å². The van der Waals surface area contributed by atoms with Crippen LogP contribution >= 0.6 is 0 Å². The summed E-state index contributed by atoms with van der Waals surface area (Å²) in [6.07, 6.45) is 8.00. The lowest BCUT2D eigenvalue weighted by molar-refractivity contribution is -0.341. The number of hydrogen-bond acceptors (Lipinski definition) is 30. The van der Waals surface area contributed by atoms with E-state index in [0.29, 0.717) is 74.5 Å². The summed E-state index contributed by atoms with van der Waals surface area (Å²) in [6, 6.07) is 0. The third-order valence-corrected chi connectivity index (χ3v) is 33.7. The van der Waals surface area contributed by atoms with Gasteiger partial charge in [-0.25, -0.2) is 4.79 Å². The van der Waals surface area contributed by atoms with Gasteiger partial charge < -0.3 is 108 Å². The summed E-state index contributed by atoms with van der Waals surface area (Å²) in [5, 5.41) is 84.1. The van der Waals surface area contributed by atoms with Gasteiger partial charge in [0.2, 0.25) is 0 Å². The number of hydrogen-bond donors (Lipinski definition) is 1. The first-order chi connectivity index (χ1) is 68.0. The molecule has 45 heteroatoms. The lowest BCUT2D eigenvalue weighted by atomic mass is 9.50. The molecule has 0 radical (unpaired) electrons. The number of aliphatic hydroxyl groups is 1. The lowest BCUT2D eigenvalue weighted by Gasteiger charge is -2.56. The molecule has 1 N–H and O–H groups in total. The molecule has 12 bridgehead atoms. The predicted octanol–water partition coefficient (Wildman–Crippen LogP) is 11.8. The molecule has 16 rings (SSSR count). The number of rotatable bonds is 34. The van der Waals surface area contributed by atoms with Crippen LogP contribution in [0.1, 0.15) is 329 Å². The molecule has 0 aromatic rings. The highest BCUT2D eigenvalue weighted by Crippen LogP contribution is 2.62. The maximum absolute atomic E-state index is 14.4. The SMILES string of the molecule is CC(C)(C)C(=O)OC(C1C2CC3CC(C2)CC1C3)C(F)(F)C(=O)[O-].CC(C)(C)C(=O)OC(C1CC2CCC1C2)C(F)(F)C(=O)[O-].CC(C)(C)C(=O)OC(C1CCCCC1)C(F)(F)C(=O)[O-].CC(C)CC(OC(=O)CC1CCCCC1)C(F)(F)C(=O)[O-].CC(C)CC(OC(=O)OC1CCCCC1)C(F)(F)C(=O)[O-].CC(C)CC(OC1C2CC3C1OS(=O)(=O)C3C2)C(F)(F)C(=O)[O-].O=C([O-])C(F)(F)C(O)C1C2CC3CC(C2)CC1C3. The molecule has 15 unspecified atom stereocenters. The third kappa shape index (κ3) is 31.8. The summed E-state index contributed by atoms with van der Waals surface area (Å²) < 4.78 is 257. The number of halogens is 14. The summed E-state index contributed by atoms with van der Waals surface area (Å²) in [5.41, 5.74) is -2.89. The molecule has 16 fully saturated rings. The fourth-order valence-electron chi connectivity index (χ4n) is 25.0. The number of carboxylic acids is 7. The number of carbonyl (C=O) groups excluding carboxylic acids is 12. The van der Waals surface area contributed by atoms with E-state index in [0.717, 1.165) is 148 Å². The molecule has 30 nitrogen and oxygen atoms in total. The minimum absolute atomic E-state index is 0.0120. The summed E-state index contributed by atoms with van der Waals surface area (Å²) in [6.45, 7) is 23.9. The average Bonchev–Trinajstić information content (AvgIpc) is 1.56. The highest BCUT2D eigenvalue weighted by molar-refractivity contribution is 7.87. The second kappa shape index (κ2) is 50.2. The Balaban J connectivity index is 0.000000211. The lowest BCUT2D eigenvalue weighted by Crippen LogP contribution is -2.60. The fraction of sp³-hybridized carbons (Fsp3) is 0.883. The second-order valence-corrected chi connectivity index (χ2v) is 50.0. The van der Waals surface area contributed by atoms with Gasteiger partial charge in [0.15, 0.2) is 30.5 Å². The molecular formula is C103H147F14O30S-7. The number of carboxylic acid groups (broad SMARTS) is 7. The van der Waals surface area contributed by atoms with Crippen LogP contribution in [0.5, 0.6) is 0 Å². The second-order valence-electron chi connectivity index (χ2n) is 48.2. The Bertz CT molecular complexity index is 4500. The third-order valence-electron chi connectivity index (χ3n) is 32.0. The monoisotopic (exact) mass is 2160 g/mol. The van der Waals surface area contributed by atoms with Crippen LogP contribution in [0.15, 0.2) is 0 Å². The standard InChI is InChI=1S/C18H26F2O4.C15H22F2O4.C15H24F2O4.C14H20F2O6S.C14H22F2O5.C14H22F2O4.C13H18F2O3/c1-17(2,3)16(23)24-14(18(19,20)15(21)22)13-11-5-9-4-10(7-11)8-12(13)6-9;1-14(2,3)13(20)21-11(15(16,17)12(18)19)10-7-8-4-5-9(10)6-8;1-10(2)8-12(15(16,17)14(19)20)21-13(18)9-11-6-4-3-5-7-11;1-6(2)3-10(14(15,16)13(17)18)21-11-7-4-8-9(5-7)23(19,20)22-12(8)11;1-9(2)8-11(14(15,16)12(17)18)21-13(19)20-10-6-4-3-5-7-10;1-13(2,3)12(19)20-10(14(15,16)11(17)18)9-7-5-4-6-8-9;14-13(15,12(17)18)11(16)10-8-2-6-1-7(4-8)5-9(10)3-6/h9-14H,4-8H2,1-3H3,(H,21,22);8-11H,4-7H2,1-3H3,(H,18,19);10-12H,3-9H2,1-2H3,(H,19,20);6-12H,3-5H2,1-2H3,(H,17,18);9-11H,3-8H2,1-2H3,(H,17,18);9-10H,4-8H2,1-3H3,(H,17,18);6-11,16H,1-5H2,(H,17,18)/p-7. The Morgan fingerprint density at radius 1 is 0.351 bits per heavy atom. The molecule has 15 saturated carbocycles. The summed E-state index contributed by atoms with van der Waals surface area (Å²) >= 11 is 0. The molecule has 0 amide bonds. The van der Waals surface area contributed by atoms with Gasteiger partial charge in [-0.05, 0) is 324 Å². The quantitative estimate of drug-likeness (QED) is 0.0270. The van der Waals surface area contributed by atoms with E-state index in [2.05, 4.69) is 4.74 Å². The van der Waals surface area contributed by atoms with Crippen LogP contribution in [-0.4, -0.2) is 193 Å². The highest BCUT2D eigenvalue weighted by Gasteiger charge is 2.67. The molecule has 1 heterocycles. The molecule has 0 aromatic heterocycles. The van der Waals surface area contributed by atoms with Crippen molar-refractivity contribution in [3.63, 3.8) is 0 Å². The first kappa shape index (κ1) is 125. The average molecular weight is 2160 g/mol. The number of fused-ring (bicyclic) bond motifs is 3. The van der Waals surface area contributed by atoms with Crippen LogP contribution in [0.3, 0.4) is 0 Å². The molecule has 0 spiro atoms. The van der Waals surface area contributed by atoms with Crippen molar-refractivity contribution in [1.82, 2.24) is 0 Å². The van der Waals surface area contributed by atoms with Gasteiger partial charge >= 0.3 is 71.5 Å². The molecule has 15 atom stereocenters. The van der Waals surface area contributed by atoms with E-state index in [4.69, 9.17) is 32.6 Å². The molecule has 0 aromatic carbocycles. The number of alkyl halides is 14. The zero-order chi connectivity index (χ0) is 112. The summed E-state index contributed by atoms with van der Waals surface area (Å²) in [5.74, 6) is -50.3. The Morgan fingerprint density at radius 3 is 1.07 bits per heavy atom. The Labute approximate surface area is 854 Å². The summed E-state index contributed by atoms with van der Waals surface area (Å²) in [7, 11) is -3.67. The van der Waals surface area contributed by atoms with Crippen molar-refractivity contribution >= 4 is 81.9 Å². The Kier molecular flexibility index (Phi) is 42.6. The van der Waals surface area contributed by atoms with E-state index in [1.165, 1.54) is 27.2 Å². The van der Waals surface area contributed by atoms with Crippen LogP contribution in [0, 0.1) is 135 Å². The zero-order valence-corrected chi connectivity index (χ0v) is 87.4. The minimum atomic E-state index is -4.24. The van der Waals surface area contributed by atoms with Gasteiger partial charge in [0.05, 0.1) is 27.6 Å². The Hall–Kier alpha value is -7.71. The summed E-state index contributed by atoms with van der Waals surface area (Å²) in [4.78, 5) is 134. The van der Waals surface area contributed by atoms with Gasteiger partial charge in [0.25, 0.3) is 10.1 Å². The number of ether oxygens (including phenoxy) is 7. The highest BCUT2D eigenvalue weighted by atomic mass is 32.2. The zero-order valence-electron chi connectivity index (χ0n) is 86.6. The van der Waals surface area contributed by atoms with Gasteiger partial charge in [-0.1, -0.05) is 92.9 Å². The predicted molar refractivity (Wildman–Crippen MR) is 480 cm³/mol. The minimum Gasteiger partial charge on any atom is -0.544 e. The first-order valence-corrected chi connectivity index (χ1v) is 53.6. The molecule has 148 heavy (non-hydrogen) atoms. The van der Waals surface area contributed by atoms with Gasteiger partial charge in [-0.15, -0.1) is 0 Å². The number of aliphatic hydroxyl groups excluding tert-OH is 1. The van der Waals surface area contributed by atoms with Crippen molar-refractivity contribution in [3.05, 3.63) is 0 Å². The van der Waals surface area contributed by atoms with Gasteiger partial charge in [0.1, 0.15) is 66.2 Å². The van der Waals surface area contributed by atoms with Gasteiger partial charge in [0, 0.05) is 30.1 Å². The van der Waals surface area contributed by atoms with Crippen molar-refractivity contribution in [1.29, 1.82) is 0 Å². The van der Waals surface area contributed by atoms with Gasteiger partial charge in [-0.3, -0.25) is 23.4 Å². The largest absolute Gasteiger partial charge is 0.544 e. The van der Waals surface area contributed by atoms with Crippen molar-refractivity contribution < 1.29 is 206 Å². The van der Waals surface area contributed by atoms with E-state index in [9.17, 15) is 168 Å².